The predicted molar refractivity (Wildman–Crippen MR) is 75.6 cm³/mol. The van der Waals surface area contributed by atoms with Gasteiger partial charge in [0, 0.05) is 7.11 Å². The van der Waals surface area contributed by atoms with Gasteiger partial charge in [-0.05, 0) is 6.92 Å². The third kappa shape index (κ3) is 1.79. The zero-order chi connectivity index (χ0) is 16.8. The Morgan fingerprint density at radius 3 is 2.91 bits per heavy atom. The molecule has 1 aliphatic heterocycles. The molecule has 23 heavy (non-hydrogen) atoms. The van der Waals surface area contributed by atoms with E-state index in [9.17, 15) is 15.5 Å². The topological polar surface area (TPSA) is 152 Å². The largest absolute Gasteiger partial charge is 0.394 e. The lowest BCUT2D eigenvalue weighted by molar-refractivity contribution is -0.259. The van der Waals surface area contributed by atoms with E-state index >= 15 is 0 Å². The summed E-state index contributed by atoms with van der Waals surface area (Å²) in [4.78, 5) is 7.98. The zero-order valence-corrected chi connectivity index (χ0v) is 12.5. The highest BCUT2D eigenvalue weighted by molar-refractivity contribution is 5.59. The van der Waals surface area contributed by atoms with Gasteiger partial charge in [0.25, 0.3) is 0 Å². The maximum absolute atomic E-state index is 10.4. The molecule has 0 aromatic carbocycles. The summed E-state index contributed by atoms with van der Waals surface area (Å²) < 4.78 is 12.6. The SMILES string of the molecule is COC1(c2cnc3c(N)ncnn23)OC(CO)C(O)C1(C)C#N. The van der Waals surface area contributed by atoms with E-state index in [1.165, 1.54) is 31.1 Å². The van der Waals surface area contributed by atoms with Crippen LogP contribution in [0, 0.1) is 16.7 Å². The minimum absolute atomic E-state index is 0.147. The highest BCUT2D eigenvalue weighted by Crippen LogP contribution is 2.53. The number of ether oxygens (including phenoxy) is 2. The van der Waals surface area contributed by atoms with Crippen LogP contribution in [0.25, 0.3) is 5.65 Å². The maximum atomic E-state index is 10.4. The van der Waals surface area contributed by atoms with Gasteiger partial charge in [-0.1, -0.05) is 0 Å². The number of anilines is 1. The number of fused-ring (bicyclic) bond motifs is 1. The molecule has 0 aliphatic carbocycles. The molecule has 0 bridgehead atoms. The molecule has 1 fully saturated rings. The second kappa shape index (κ2) is 5.10. The van der Waals surface area contributed by atoms with Crippen molar-refractivity contribution in [1.29, 1.82) is 5.26 Å². The number of aliphatic hydroxyl groups excluding tert-OH is 2. The molecule has 10 nitrogen and oxygen atoms in total. The first-order valence-corrected chi connectivity index (χ1v) is 6.83. The lowest BCUT2D eigenvalue weighted by Gasteiger charge is -2.36. The Balaban J connectivity index is 2.28. The third-order valence-corrected chi connectivity index (χ3v) is 4.31. The Hall–Kier alpha value is -2.32. The summed E-state index contributed by atoms with van der Waals surface area (Å²) >= 11 is 0. The van der Waals surface area contributed by atoms with E-state index in [1.54, 1.807) is 0 Å². The van der Waals surface area contributed by atoms with Crippen LogP contribution >= 0.6 is 0 Å². The molecule has 3 rings (SSSR count). The fraction of sp³-hybridized carbons (Fsp3) is 0.538. The molecule has 0 amide bonds. The van der Waals surface area contributed by atoms with E-state index in [4.69, 9.17) is 15.2 Å². The number of aromatic nitrogens is 4. The number of hydrogen-bond acceptors (Lipinski definition) is 9. The fourth-order valence-electron chi connectivity index (χ4n) is 2.99. The molecular formula is C13H16N6O4. The third-order valence-electron chi connectivity index (χ3n) is 4.31. The van der Waals surface area contributed by atoms with Crippen LogP contribution in [0.2, 0.25) is 0 Å². The van der Waals surface area contributed by atoms with Crippen molar-refractivity contribution < 1.29 is 19.7 Å². The minimum atomic E-state index is -1.69. The summed E-state index contributed by atoms with van der Waals surface area (Å²) in [6, 6.07) is 2.04. The average molecular weight is 320 g/mol. The lowest BCUT2D eigenvalue weighted by atomic mass is 9.77. The van der Waals surface area contributed by atoms with Crippen molar-refractivity contribution >= 4 is 11.5 Å². The first-order chi connectivity index (χ1) is 10.9. The molecular weight excluding hydrogens is 304 g/mol. The van der Waals surface area contributed by atoms with Crippen LogP contribution in [0.15, 0.2) is 12.5 Å². The predicted octanol–water partition coefficient (Wildman–Crippen LogP) is -1.21. The standard InChI is InChI=1S/C13H16N6O4/c1-12(5-14)9(21)7(4-20)23-13(12,22-2)8-3-16-11-10(15)17-6-18-19(8)11/h3,6-7,9,20-21H,4H2,1-2H3,(H2,15,17,18). The summed E-state index contributed by atoms with van der Waals surface area (Å²) in [5, 5.41) is 33.6. The summed E-state index contributed by atoms with van der Waals surface area (Å²) in [5.41, 5.74) is 4.79. The normalized spacial score (nSPS) is 33.9. The summed E-state index contributed by atoms with van der Waals surface area (Å²) in [5.74, 6) is -1.54. The molecule has 0 radical (unpaired) electrons. The van der Waals surface area contributed by atoms with E-state index in [0.717, 1.165) is 0 Å². The molecule has 4 unspecified atom stereocenters. The second-order valence-corrected chi connectivity index (χ2v) is 5.44. The molecule has 4 N–H and O–H groups in total. The van der Waals surface area contributed by atoms with E-state index < -0.39 is 30.0 Å². The van der Waals surface area contributed by atoms with Crippen LogP contribution in [0.3, 0.4) is 0 Å². The van der Waals surface area contributed by atoms with Gasteiger partial charge in [0.15, 0.2) is 11.5 Å². The average Bonchev–Trinajstić information content (AvgIpc) is 3.09. The Kier molecular flexibility index (Phi) is 3.46. The van der Waals surface area contributed by atoms with Crippen molar-refractivity contribution in [3.05, 3.63) is 18.2 Å². The van der Waals surface area contributed by atoms with Gasteiger partial charge in [-0.3, -0.25) is 0 Å². The van der Waals surface area contributed by atoms with Gasteiger partial charge in [-0.25, -0.2) is 14.5 Å². The summed E-state index contributed by atoms with van der Waals surface area (Å²) in [6.07, 6.45) is 0.355. The fourth-order valence-corrected chi connectivity index (χ4v) is 2.99. The Morgan fingerprint density at radius 1 is 1.57 bits per heavy atom. The number of aliphatic hydroxyl groups is 2. The lowest BCUT2D eigenvalue weighted by Crippen LogP contribution is -2.47. The van der Waals surface area contributed by atoms with E-state index in [-0.39, 0.29) is 17.2 Å². The van der Waals surface area contributed by atoms with Crippen LogP contribution in [0.1, 0.15) is 12.6 Å². The smallest absolute Gasteiger partial charge is 0.235 e. The molecule has 1 saturated heterocycles. The van der Waals surface area contributed by atoms with Crippen molar-refractivity contribution in [2.45, 2.75) is 24.9 Å². The number of nitrogens with two attached hydrogens (primary N) is 1. The molecule has 3 heterocycles. The van der Waals surface area contributed by atoms with Crippen LogP contribution in [-0.4, -0.2) is 55.7 Å². The van der Waals surface area contributed by atoms with E-state index in [0.29, 0.717) is 0 Å². The number of nitrogen functional groups attached to an aromatic ring is 1. The summed E-state index contributed by atoms with van der Waals surface area (Å²) in [7, 11) is 1.34. The van der Waals surface area contributed by atoms with Crippen molar-refractivity contribution in [1.82, 2.24) is 19.6 Å². The van der Waals surface area contributed by atoms with Crippen molar-refractivity contribution in [2.75, 3.05) is 19.5 Å². The number of imidazole rings is 1. The van der Waals surface area contributed by atoms with E-state index in [1.807, 2.05) is 6.07 Å². The summed E-state index contributed by atoms with van der Waals surface area (Å²) in [6.45, 7) is 1.01. The zero-order valence-electron chi connectivity index (χ0n) is 12.5. The monoisotopic (exact) mass is 320 g/mol. The van der Waals surface area contributed by atoms with Gasteiger partial charge in [-0.15, -0.1) is 0 Å². The molecule has 0 saturated carbocycles. The van der Waals surface area contributed by atoms with Gasteiger partial charge in [-0.2, -0.15) is 10.4 Å². The molecule has 10 heteroatoms. The van der Waals surface area contributed by atoms with Crippen LogP contribution < -0.4 is 5.73 Å². The second-order valence-electron chi connectivity index (χ2n) is 5.44. The molecule has 122 valence electrons. The molecule has 2 aromatic heterocycles. The first-order valence-electron chi connectivity index (χ1n) is 6.83. The van der Waals surface area contributed by atoms with Crippen molar-refractivity contribution in [2.24, 2.45) is 5.41 Å². The Morgan fingerprint density at radius 2 is 2.30 bits per heavy atom. The first kappa shape index (κ1) is 15.6. The van der Waals surface area contributed by atoms with Crippen LogP contribution in [0.4, 0.5) is 5.82 Å². The van der Waals surface area contributed by atoms with Crippen LogP contribution in [0.5, 0.6) is 0 Å². The van der Waals surface area contributed by atoms with Crippen molar-refractivity contribution in [3.8, 4) is 6.07 Å². The van der Waals surface area contributed by atoms with Gasteiger partial charge >= 0.3 is 0 Å². The minimum Gasteiger partial charge on any atom is -0.394 e. The molecule has 0 spiro atoms. The quantitative estimate of drug-likeness (QED) is 0.632. The van der Waals surface area contributed by atoms with Crippen LogP contribution in [-0.2, 0) is 15.3 Å². The number of nitrogens with zero attached hydrogens (tertiary/aromatic N) is 5. The van der Waals surface area contributed by atoms with E-state index in [2.05, 4.69) is 15.1 Å². The van der Waals surface area contributed by atoms with Gasteiger partial charge in [0.1, 0.15) is 29.6 Å². The van der Waals surface area contributed by atoms with Gasteiger partial charge in [0.05, 0.1) is 18.9 Å². The molecule has 4 atom stereocenters. The number of hydrogen-bond donors (Lipinski definition) is 3. The van der Waals surface area contributed by atoms with Gasteiger partial charge in [0.2, 0.25) is 5.79 Å². The molecule has 2 aromatic rings. The number of nitriles is 1. The maximum Gasteiger partial charge on any atom is 0.235 e. The highest BCUT2D eigenvalue weighted by atomic mass is 16.7. The number of rotatable bonds is 3. The molecule has 1 aliphatic rings. The Labute approximate surface area is 131 Å². The van der Waals surface area contributed by atoms with Crippen molar-refractivity contribution in [3.63, 3.8) is 0 Å². The highest BCUT2D eigenvalue weighted by Gasteiger charge is 2.66. The number of methoxy groups -OCH3 is 1. The Bertz CT molecular complexity index is 788. The van der Waals surface area contributed by atoms with Gasteiger partial charge < -0.3 is 25.4 Å².